The largest absolute Gasteiger partial charge is 0.480 e. The lowest BCUT2D eigenvalue weighted by Crippen LogP contribution is -2.48. The van der Waals surface area contributed by atoms with E-state index in [9.17, 15) is 9.59 Å². The number of amides is 2. The number of hydrogen-bond donors (Lipinski definition) is 2. The molecule has 1 rings (SSSR count). The summed E-state index contributed by atoms with van der Waals surface area (Å²) in [7, 11) is 0. The second-order valence-corrected chi connectivity index (χ2v) is 6.00. The second kappa shape index (κ2) is 5.62. The number of rotatable bonds is 4. The van der Waals surface area contributed by atoms with Crippen LogP contribution in [-0.2, 0) is 4.79 Å². The molecule has 1 aliphatic rings. The zero-order chi connectivity index (χ0) is 13.1. The molecule has 0 aromatic rings. The normalized spacial score (nSPS) is 20.4. The van der Waals surface area contributed by atoms with E-state index in [1.54, 1.807) is 0 Å². The molecule has 98 valence electrons. The Kier molecular flexibility index (Phi) is 4.68. The fraction of sp³-hybridized carbons (Fsp3) is 0.818. The van der Waals surface area contributed by atoms with Crippen molar-refractivity contribution in [3.05, 3.63) is 0 Å². The third-order valence-electron chi connectivity index (χ3n) is 3.10. The molecule has 1 unspecified atom stereocenters. The third kappa shape index (κ3) is 3.80. The summed E-state index contributed by atoms with van der Waals surface area (Å²) in [6, 6.07) is -0.964. The van der Waals surface area contributed by atoms with Gasteiger partial charge >= 0.3 is 12.0 Å². The summed E-state index contributed by atoms with van der Waals surface area (Å²) in [5.74, 6) is -0.00478. The molecule has 0 spiro atoms. The Bertz CT molecular complexity index is 307. The van der Waals surface area contributed by atoms with Crippen molar-refractivity contribution < 1.29 is 14.7 Å². The van der Waals surface area contributed by atoms with Gasteiger partial charge in [-0.1, -0.05) is 20.8 Å². The minimum Gasteiger partial charge on any atom is -0.480 e. The van der Waals surface area contributed by atoms with Crippen LogP contribution >= 0.6 is 11.8 Å². The minimum absolute atomic E-state index is 0.0429. The first-order valence-electron chi connectivity index (χ1n) is 5.72. The number of urea groups is 1. The standard InChI is InChI=1S/C11H20N2O3S/c1-4-11(2,3)6-12-10(16)13-7-17-5-8(13)9(14)15/h8H,4-7H2,1-3H3,(H,12,16)(H,14,15). The Morgan fingerprint density at radius 2 is 2.18 bits per heavy atom. The molecule has 2 N–H and O–H groups in total. The van der Waals surface area contributed by atoms with Gasteiger partial charge in [-0.3, -0.25) is 0 Å². The van der Waals surface area contributed by atoms with Crippen LogP contribution in [0.1, 0.15) is 27.2 Å². The zero-order valence-electron chi connectivity index (χ0n) is 10.5. The molecule has 17 heavy (non-hydrogen) atoms. The maximum Gasteiger partial charge on any atom is 0.327 e. The molecular formula is C11H20N2O3S. The van der Waals surface area contributed by atoms with E-state index < -0.39 is 12.0 Å². The molecule has 1 atom stereocenters. The fourth-order valence-electron chi connectivity index (χ4n) is 1.39. The van der Waals surface area contributed by atoms with Crippen molar-refractivity contribution in [1.82, 2.24) is 10.2 Å². The van der Waals surface area contributed by atoms with E-state index in [2.05, 4.69) is 26.1 Å². The Balaban J connectivity index is 2.50. The van der Waals surface area contributed by atoms with Gasteiger partial charge in [0, 0.05) is 12.3 Å². The molecule has 0 saturated carbocycles. The van der Waals surface area contributed by atoms with Crippen LogP contribution in [0.5, 0.6) is 0 Å². The van der Waals surface area contributed by atoms with Gasteiger partial charge in [0.15, 0.2) is 0 Å². The topological polar surface area (TPSA) is 69.6 Å². The third-order valence-corrected chi connectivity index (χ3v) is 4.12. The van der Waals surface area contributed by atoms with Crippen LogP contribution in [0, 0.1) is 5.41 Å². The molecule has 0 bridgehead atoms. The summed E-state index contributed by atoms with van der Waals surface area (Å²) in [4.78, 5) is 24.2. The molecule has 1 fully saturated rings. The molecule has 1 aliphatic heterocycles. The first-order valence-corrected chi connectivity index (χ1v) is 6.88. The minimum atomic E-state index is -0.931. The summed E-state index contributed by atoms with van der Waals surface area (Å²) in [6.07, 6.45) is 0.963. The smallest absolute Gasteiger partial charge is 0.327 e. The molecule has 5 nitrogen and oxygen atoms in total. The molecule has 0 radical (unpaired) electrons. The highest BCUT2D eigenvalue weighted by atomic mass is 32.2. The van der Waals surface area contributed by atoms with Crippen molar-refractivity contribution in [1.29, 1.82) is 0 Å². The summed E-state index contributed by atoms with van der Waals surface area (Å²) in [5, 5.41) is 11.8. The first-order chi connectivity index (χ1) is 7.87. The number of nitrogens with one attached hydrogen (secondary N) is 1. The van der Waals surface area contributed by atoms with Gasteiger partial charge in [0.1, 0.15) is 6.04 Å². The lowest BCUT2D eigenvalue weighted by Gasteiger charge is -2.26. The van der Waals surface area contributed by atoms with Crippen LogP contribution in [-0.4, -0.2) is 46.2 Å². The van der Waals surface area contributed by atoms with Gasteiger partial charge in [-0.05, 0) is 11.8 Å². The molecule has 0 aromatic carbocycles. The molecule has 6 heteroatoms. The van der Waals surface area contributed by atoms with Crippen LogP contribution in [0.4, 0.5) is 4.79 Å². The lowest BCUT2D eigenvalue weighted by atomic mass is 9.90. The number of aliphatic carboxylic acids is 1. The molecular weight excluding hydrogens is 240 g/mol. The van der Waals surface area contributed by atoms with E-state index >= 15 is 0 Å². The number of carbonyl (C=O) groups excluding carboxylic acids is 1. The monoisotopic (exact) mass is 260 g/mol. The number of hydrogen-bond acceptors (Lipinski definition) is 3. The van der Waals surface area contributed by atoms with E-state index in [1.807, 2.05) is 0 Å². The maximum absolute atomic E-state index is 11.9. The average molecular weight is 260 g/mol. The van der Waals surface area contributed by atoms with Crippen LogP contribution in [0.15, 0.2) is 0 Å². The van der Waals surface area contributed by atoms with Crippen LogP contribution < -0.4 is 5.32 Å². The Labute approximate surface area is 106 Å². The van der Waals surface area contributed by atoms with Gasteiger partial charge in [-0.15, -0.1) is 11.8 Å². The van der Waals surface area contributed by atoms with E-state index in [4.69, 9.17) is 5.11 Å². The van der Waals surface area contributed by atoms with Crippen molar-refractivity contribution >= 4 is 23.8 Å². The highest BCUT2D eigenvalue weighted by molar-refractivity contribution is 7.99. The SMILES string of the molecule is CCC(C)(C)CNC(=O)N1CSCC1C(=O)O. The van der Waals surface area contributed by atoms with Crippen LogP contribution in [0.2, 0.25) is 0 Å². The summed E-state index contributed by atoms with van der Waals surface area (Å²) >= 11 is 1.47. The molecule has 0 aromatic heterocycles. The summed E-state index contributed by atoms with van der Waals surface area (Å²) < 4.78 is 0. The number of carboxylic acids is 1. The summed E-state index contributed by atoms with van der Waals surface area (Å²) in [5.41, 5.74) is 0.0429. The van der Waals surface area contributed by atoms with Gasteiger partial charge in [0.2, 0.25) is 0 Å². The second-order valence-electron chi connectivity index (χ2n) is 5.00. The van der Waals surface area contributed by atoms with Gasteiger partial charge in [0.05, 0.1) is 5.88 Å². The number of carboxylic acid groups (broad SMARTS) is 1. The summed E-state index contributed by atoms with van der Waals surface area (Å²) in [6.45, 7) is 6.77. The lowest BCUT2D eigenvalue weighted by molar-refractivity contribution is -0.140. The molecule has 1 saturated heterocycles. The predicted octanol–water partition coefficient (Wildman–Crippen LogP) is 1.59. The van der Waals surface area contributed by atoms with Crippen molar-refractivity contribution in [3.8, 4) is 0 Å². The fourth-order valence-corrected chi connectivity index (χ4v) is 2.53. The van der Waals surface area contributed by atoms with Gasteiger partial charge in [-0.2, -0.15) is 0 Å². The van der Waals surface area contributed by atoms with E-state index in [0.29, 0.717) is 18.2 Å². The van der Waals surface area contributed by atoms with Crippen molar-refractivity contribution in [2.75, 3.05) is 18.2 Å². The Hall–Kier alpha value is -0.910. The van der Waals surface area contributed by atoms with Crippen LogP contribution in [0.3, 0.4) is 0 Å². The maximum atomic E-state index is 11.9. The number of nitrogens with zero attached hydrogens (tertiary/aromatic N) is 1. The van der Waals surface area contributed by atoms with Crippen molar-refractivity contribution in [2.45, 2.75) is 33.2 Å². The number of thioether (sulfide) groups is 1. The zero-order valence-corrected chi connectivity index (χ0v) is 11.3. The van der Waals surface area contributed by atoms with Crippen LogP contribution in [0.25, 0.3) is 0 Å². The van der Waals surface area contributed by atoms with Gasteiger partial charge in [-0.25, -0.2) is 9.59 Å². The van der Waals surface area contributed by atoms with E-state index in [1.165, 1.54) is 16.7 Å². The van der Waals surface area contributed by atoms with E-state index in [0.717, 1.165) is 6.42 Å². The Morgan fingerprint density at radius 3 is 2.71 bits per heavy atom. The van der Waals surface area contributed by atoms with Gasteiger partial charge < -0.3 is 15.3 Å². The first kappa shape index (κ1) is 14.2. The molecule has 1 heterocycles. The predicted molar refractivity (Wildman–Crippen MR) is 68.1 cm³/mol. The van der Waals surface area contributed by atoms with Gasteiger partial charge in [0.25, 0.3) is 0 Å². The van der Waals surface area contributed by atoms with E-state index in [-0.39, 0.29) is 11.4 Å². The van der Waals surface area contributed by atoms with Crippen molar-refractivity contribution in [3.63, 3.8) is 0 Å². The Morgan fingerprint density at radius 1 is 1.53 bits per heavy atom. The highest BCUT2D eigenvalue weighted by Crippen LogP contribution is 2.22. The highest BCUT2D eigenvalue weighted by Gasteiger charge is 2.34. The average Bonchev–Trinajstić information content (AvgIpc) is 2.75. The molecule has 2 amide bonds. The quantitative estimate of drug-likeness (QED) is 0.805. The number of carbonyl (C=O) groups is 2. The molecule has 0 aliphatic carbocycles. The van der Waals surface area contributed by atoms with Crippen molar-refractivity contribution in [2.24, 2.45) is 5.41 Å².